The minimum Gasteiger partial charge on any atom is -0.493 e. The summed E-state index contributed by atoms with van der Waals surface area (Å²) >= 11 is 1.47. The van der Waals surface area contributed by atoms with Crippen LogP contribution in [0.2, 0.25) is 0 Å². The molecule has 0 aliphatic carbocycles. The number of thiazole rings is 1. The van der Waals surface area contributed by atoms with Crippen LogP contribution in [0, 0.1) is 17.2 Å². The summed E-state index contributed by atoms with van der Waals surface area (Å²) in [6.45, 7) is 4.89. The van der Waals surface area contributed by atoms with Crippen molar-refractivity contribution in [2.75, 3.05) is 7.11 Å². The minimum atomic E-state index is 0.455. The van der Waals surface area contributed by atoms with Gasteiger partial charge in [0, 0.05) is 10.9 Å². The van der Waals surface area contributed by atoms with Gasteiger partial charge in [0.15, 0.2) is 11.5 Å². The van der Waals surface area contributed by atoms with Gasteiger partial charge < -0.3 is 9.47 Å². The Labute approximate surface area is 211 Å². The van der Waals surface area contributed by atoms with Crippen LogP contribution in [0.4, 0.5) is 0 Å². The molecule has 0 aliphatic heterocycles. The van der Waals surface area contributed by atoms with Gasteiger partial charge in [-0.15, -0.1) is 11.3 Å². The maximum absolute atomic E-state index is 9.82. The number of nitrogens with zero attached hydrogens (tertiary/aromatic N) is 2. The van der Waals surface area contributed by atoms with Crippen LogP contribution >= 0.6 is 11.3 Å². The van der Waals surface area contributed by atoms with Crippen LogP contribution in [0.5, 0.6) is 11.5 Å². The fourth-order valence-corrected chi connectivity index (χ4v) is 4.54. The van der Waals surface area contributed by atoms with Crippen molar-refractivity contribution in [2.24, 2.45) is 5.92 Å². The number of aromatic nitrogens is 1. The van der Waals surface area contributed by atoms with Crippen molar-refractivity contribution < 1.29 is 9.47 Å². The lowest BCUT2D eigenvalue weighted by molar-refractivity contribution is 0.284. The van der Waals surface area contributed by atoms with E-state index in [1.165, 1.54) is 16.9 Å². The number of hydrogen-bond donors (Lipinski definition) is 0. The molecular formula is C30H28N2O2S. The van der Waals surface area contributed by atoms with Crippen molar-refractivity contribution in [3.8, 4) is 28.8 Å². The van der Waals surface area contributed by atoms with Crippen LogP contribution in [-0.4, -0.2) is 12.1 Å². The van der Waals surface area contributed by atoms with Crippen molar-refractivity contribution >= 4 is 23.0 Å². The number of methoxy groups -OCH3 is 1. The molecule has 4 rings (SSSR count). The van der Waals surface area contributed by atoms with Gasteiger partial charge in [0.2, 0.25) is 0 Å². The molecule has 0 unspecified atom stereocenters. The number of hydrogen-bond acceptors (Lipinski definition) is 5. The van der Waals surface area contributed by atoms with E-state index in [-0.39, 0.29) is 0 Å². The molecule has 0 atom stereocenters. The zero-order chi connectivity index (χ0) is 24.6. The highest BCUT2D eigenvalue weighted by molar-refractivity contribution is 7.11. The average Bonchev–Trinajstić information content (AvgIpc) is 3.37. The summed E-state index contributed by atoms with van der Waals surface area (Å²) in [5.41, 5.74) is 5.70. The zero-order valence-corrected chi connectivity index (χ0v) is 21.0. The lowest BCUT2D eigenvalue weighted by atomic mass is 10.0. The lowest BCUT2D eigenvalue weighted by Gasteiger charge is -2.11. The molecule has 0 bridgehead atoms. The van der Waals surface area contributed by atoms with E-state index >= 15 is 0 Å². The Hall–Kier alpha value is -3.88. The second-order valence-electron chi connectivity index (χ2n) is 8.69. The summed E-state index contributed by atoms with van der Waals surface area (Å²) in [5, 5.41) is 12.5. The molecule has 4 nitrogen and oxygen atoms in total. The summed E-state index contributed by atoms with van der Waals surface area (Å²) < 4.78 is 11.5. The molecule has 0 spiro atoms. The maximum atomic E-state index is 9.82. The standard InChI is InChI=1S/C30H28N2O2S/c1-21(2)15-22-9-12-25(13-10-22)27-20-35-30(32-27)26(18-31)16-24-11-14-28(29(17-24)33-3)34-19-23-7-5-4-6-8-23/h4-14,16-17,20-21H,15,19H2,1-3H3. The van der Waals surface area contributed by atoms with Crippen LogP contribution in [-0.2, 0) is 13.0 Å². The Morgan fingerprint density at radius 2 is 1.77 bits per heavy atom. The van der Waals surface area contributed by atoms with Gasteiger partial charge in [0.25, 0.3) is 0 Å². The second kappa shape index (κ2) is 11.5. The van der Waals surface area contributed by atoms with Crippen LogP contribution < -0.4 is 9.47 Å². The third kappa shape index (κ3) is 6.38. The zero-order valence-electron chi connectivity index (χ0n) is 20.2. The second-order valence-corrected chi connectivity index (χ2v) is 9.55. The van der Waals surface area contributed by atoms with Crippen molar-refractivity contribution in [1.82, 2.24) is 4.98 Å². The van der Waals surface area contributed by atoms with Crippen molar-refractivity contribution in [3.05, 3.63) is 99.9 Å². The summed E-state index contributed by atoms with van der Waals surface area (Å²) in [5.74, 6) is 1.90. The lowest BCUT2D eigenvalue weighted by Crippen LogP contribution is -1.97. The molecular weight excluding hydrogens is 452 g/mol. The van der Waals surface area contributed by atoms with Gasteiger partial charge in [-0.05, 0) is 47.2 Å². The normalized spacial score (nSPS) is 11.3. The summed E-state index contributed by atoms with van der Waals surface area (Å²) in [6, 6.07) is 26.5. The first-order valence-electron chi connectivity index (χ1n) is 11.6. The van der Waals surface area contributed by atoms with Crippen LogP contribution in [0.15, 0.2) is 78.2 Å². The highest BCUT2D eigenvalue weighted by Gasteiger charge is 2.11. The Balaban J connectivity index is 1.51. The highest BCUT2D eigenvalue weighted by atomic mass is 32.1. The molecule has 176 valence electrons. The Morgan fingerprint density at radius 3 is 2.46 bits per heavy atom. The van der Waals surface area contributed by atoms with Gasteiger partial charge in [-0.25, -0.2) is 4.98 Å². The van der Waals surface area contributed by atoms with E-state index in [1.807, 2.05) is 60.0 Å². The molecule has 4 aromatic rings. The van der Waals surface area contributed by atoms with Gasteiger partial charge >= 0.3 is 0 Å². The average molecular weight is 481 g/mol. The first-order chi connectivity index (χ1) is 17.1. The number of rotatable bonds is 9. The van der Waals surface area contributed by atoms with Gasteiger partial charge in [0.1, 0.15) is 17.7 Å². The van der Waals surface area contributed by atoms with E-state index in [4.69, 9.17) is 14.5 Å². The van der Waals surface area contributed by atoms with E-state index in [1.54, 1.807) is 7.11 Å². The number of benzene rings is 3. The van der Waals surface area contributed by atoms with E-state index < -0.39 is 0 Å². The molecule has 1 aromatic heterocycles. The predicted octanol–water partition coefficient (Wildman–Crippen LogP) is 7.66. The van der Waals surface area contributed by atoms with Crippen LogP contribution in [0.3, 0.4) is 0 Å². The molecule has 0 N–H and O–H groups in total. The molecule has 0 amide bonds. The topological polar surface area (TPSA) is 55.1 Å². The van der Waals surface area contributed by atoms with Gasteiger partial charge in [-0.1, -0.05) is 74.5 Å². The third-order valence-electron chi connectivity index (χ3n) is 5.48. The Bertz CT molecular complexity index is 1330. The smallest absolute Gasteiger partial charge is 0.161 e. The Kier molecular flexibility index (Phi) is 7.97. The van der Waals surface area contributed by atoms with Gasteiger partial charge in [0.05, 0.1) is 18.4 Å². The van der Waals surface area contributed by atoms with Crippen molar-refractivity contribution in [2.45, 2.75) is 26.9 Å². The van der Waals surface area contributed by atoms with Crippen LogP contribution in [0.25, 0.3) is 22.9 Å². The van der Waals surface area contributed by atoms with Crippen LogP contribution in [0.1, 0.15) is 35.5 Å². The maximum Gasteiger partial charge on any atom is 0.161 e. The van der Waals surface area contributed by atoms with Gasteiger partial charge in [-0.3, -0.25) is 0 Å². The molecule has 0 fully saturated rings. The SMILES string of the molecule is COc1cc(C=C(C#N)c2nc(-c3ccc(CC(C)C)cc3)cs2)ccc1OCc1ccccc1. The molecule has 0 saturated carbocycles. The van der Waals surface area contributed by atoms with Crippen molar-refractivity contribution in [3.63, 3.8) is 0 Å². The summed E-state index contributed by atoms with van der Waals surface area (Å²) in [7, 11) is 1.61. The Morgan fingerprint density at radius 1 is 1.00 bits per heavy atom. The summed E-state index contributed by atoms with van der Waals surface area (Å²) in [6.07, 6.45) is 2.89. The van der Waals surface area contributed by atoms with E-state index in [0.717, 1.165) is 28.8 Å². The van der Waals surface area contributed by atoms with Gasteiger partial charge in [-0.2, -0.15) is 5.26 Å². The monoisotopic (exact) mass is 480 g/mol. The number of nitriles is 1. The fourth-order valence-electron chi connectivity index (χ4n) is 3.75. The molecule has 5 heteroatoms. The molecule has 35 heavy (non-hydrogen) atoms. The third-order valence-corrected chi connectivity index (χ3v) is 6.36. The quantitative estimate of drug-likeness (QED) is 0.231. The first-order valence-corrected chi connectivity index (χ1v) is 12.5. The number of allylic oxidation sites excluding steroid dienone is 1. The largest absolute Gasteiger partial charge is 0.493 e. The molecule has 0 radical (unpaired) electrons. The molecule has 0 aliphatic rings. The first kappa shape index (κ1) is 24.3. The molecule has 3 aromatic carbocycles. The minimum absolute atomic E-state index is 0.455. The molecule has 1 heterocycles. The molecule has 0 saturated heterocycles. The van der Waals surface area contributed by atoms with E-state index in [2.05, 4.69) is 44.2 Å². The highest BCUT2D eigenvalue weighted by Crippen LogP contribution is 2.32. The van der Waals surface area contributed by atoms with Crippen molar-refractivity contribution in [1.29, 1.82) is 5.26 Å². The summed E-state index contributed by atoms with van der Waals surface area (Å²) in [4.78, 5) is 4.73. The number of ether oxygens (including phenoxy) is 2. The fraction of sp³-hybridized carbons (Fsp3) is 0.200. The predicted molar refractivity (Wildman–Crippen MR) is 143 cm³/mol. The van der Waals surface area contributed by atoms with E-state index in [9.17, 15) is 5.26 Å². The van der Waals surface area contributed by atoms with E-state index in [0.29, 0.717) is 34.6 Å².